The highest BCUT2D eigenvalue weighted by molar-refractivity contribution is 7.25. The lowest BCUT2D eigenvalue weighted by Crippen LogP contribution is -2.17. The van der Waals surface area contributed by atoms with E-state index in [-0.39, 0.29) is 21.7 Å². The molecule has 2 aromatic heterocycles. The van der Waals surface area contributed by atoms with E-state index in [9.17, 15) is 0 Å². The molecular weight excluding hydrogens is 735 g/mol. The van der Waals surface area contributed by atoms with Crippen molar-refractivity contribution >= 4 is 70.5 Å². The molecule has 292 valence electrons. The van der Waals surface area contributed by atoms with Crippen molar-refractivity contribution in [2.75, 3.05) is 4.90 Å². The average molecular weight is 786 g/mol. The quantitative estimate of drug-likeness (QED) is 0.177. The largest absolute Gasteiger partial charge is 0.455 e. The van der Waals surface area contributed by atoms with Crippen molar-refractivity contribution in [1.29, 1.82) is 0 Å². The smallest absolute Gasteiger partial charge is 0.140 e. The fraction of sp³-hybridized carbons (Fsp3) is 0.250. The highest BCUT2D eigenvalue weighted by Gasteiger charge is 2.40. The van der Waals surface area contributed by atoms with E-state index in [1.807, 2.05) is 11.3 Å². The van der Waals surface area contributed by atoms with Crippen molar-refractivity contribution in [2.24, 2.45) is 0 Å². The van der Waals surface area contributed by atoms with Gasteiger partial charge in [0.05, 0.1) is 0 Å². The molecule has 0 bridgehead atoms. The molecule has 0 spiro atoms. The fourth-order valence-electron chi connectivity index (χ4n) is 10.5. The molecule has 0 radical (unpaired) electrons. The van der Waals surface area contributed by atoms with Crippen LogP contribution in [0.3, 0.4) is 0 Å². The van der Waals surface area contributed by atoms with Crippen LogP contribution in [0.25, 0.3) is 64.4 Å². The van der Waals surface area contributed by atoms with Crippen molar-refractivity contribution in [3.8, 4) is 22.3 Å². The summed E-state index contributed by atoms with van der Waals surface area (Å²) in [5.41, 5.74) is 18.3. The summed E-state index contributed by atoms with van der Waals surface area (Å²) in [6.45, 7) is 23.3. The number of nitrogens with zero attached hydrogens (tertiary/aromatic N) is 1. The number of hydrogen-bond acceptors (Lipinski definition) is 3. The van der Waals surface area contributed by atoms with Crippen molar-refractivity contribution in [2.45, 2.75) is 90.9 Å². The Morgan fingerprint density at radius 3 is 1.88 bits per heavy atom. The molecule has 11 rings (SSSR count). The highest BCUT2D eigenvalue weighted by atomic mass is 32.1. The number of rotatable bonds is 3. The Balaban J connectivity index is 1.12. The molecule has 0 saturated carbocycles. The monoisotopic (exact) mass is 785 g/mol. The summed E-state index contributed by atoms with van der Waals surface area (Å²) in [4.78, 5) is 2.48. The first-order chi connectivity index (χ1) is 28.0. The van der Waals surface area contributed by atoms with E-state index < -0.39 is 0 Å². The lowest BCUT2D eigenvalue weighted by atomic mass is 9.79. The number of furan rings is 1. The molecule has 0 saturated heterocycles. The number of anilines is 3. The van der Waals surface area contributed by atoms with Crippen LogP contribution in [0.2, 0.25) is 0 Å². The second kappa shape index (κ2) is 12.0. The van der Waals surface area contributed by atoms with E-state index >= 15 is 0 Å². The SMILES string of the molecule is CC(C)(C)c1cc(C(C)(C)C)c2oc3c4c(ccc3c2c1)-c1cc(N(c2ccc3c(c2)C(C)(C)c2ccccc2-3)c2ccc3c(c2)sc2ccccc23)ccc1C4(C)C. The lowest BCUT2D eigenvalue weighted by Gasteiger charge is -2.29. The van der Waals surface area contributed by atoms with Gasteiger partial charge >= 0.3 is 0 Å². The van der Waals surface area contributed by atoms with Gasteiger partial charge in [0.25, 0.3) is 0 Å². The highest BCUT2D eigenvalue weighted by Crippen LogP contribution is 2.56. The molecule has 0 N–H and O–H groups in total. The van der Waals surface area contributed by atoms with Gasteiger partial charge in [-0.25, -0.2) is 0 Å². The summed E-state index contributed by atoms with van der Waals surface area (Å²) in [5.74, 6) is 0. The van der Waals surface area contributed by atoms with Crippen LogP contribution in [-0.2, 0) is 21.7 Å². The van der Waals surface area contributed by atoms with Crippen LogP contribution in [0.5, 0.6) is 0 Å². The molecule has 2 heterocycles. The minimum absolute atomic E-state index is 0.0202. The normalized spacial score (nSPS) is 15.2. The van der Waals surface area contributed by atoms with Crippen LogP contribution in [0.1, 0.15) is 103 Å². The molecular formula is C56H51NOS. The predicted molar refractivity (Wildman–Crippen MR) is 254 cm³/mol. The molecule has 0 aliphatic heterocycles. The number of hydrogen-bond donors (Lipinski definition) is 0. The molecule has 2 nitrogen and oxygen atoms in total. The van der Waals surface area contributed by atoms with Gasteiger partial charge in [0.15, 0.2) is 0 Å². The van der Waals surface area contributed by atoms with Crippen molar-refractivity contribution in [1.82, 2.24) is 0 Å². The van der Waals surface area contributed by atoms with Gasteiger partial charge < -0.3 is 9.32 Å². The summed E-state index contributed by atoms with van der Waals surface area (Å²) < 4.78 is 9.77. The zero-order valence-electron chi connectivity index (χ0n) is 35.9. The third-order valence-corrected chi connectivity index (χ3v) is 14.8. The minimum Gasteiger partial charge on any atom is -0.455 e. The maximum atomic E-state index is 7.15. The topological polar surface area (TPSA) is 16.4 Å². The van der Waals surface area contributed by atoms with E-state index in [2.05, 4.69) is 202 Å². The number of benzene rings is 7. The summed E-state index contributed by atoms with van der Waals surface area (Å²) in [7, 11) is 0. The Morgan fingerprint density at radius 2 is 1.08 bits per heavy atom. The zero-order valence-corrected chi connectivity index (χ0v) is 36.7. The van der Waals surface area contributed by atoms with Gasteiger partial charge in [-0.15, -0.1) is 11.3 Å². The first kappa shape index (κ1) is 36.4. The third-order valence-electron chi connectivity index (χ3n) is 13.7. The minimum atomic E-state index is -0.254. The zero-order chi connectivity index (χ0) is 41.0. The van der Waals surface area contributed by atoms with Gasteiger partial charge in [-0.2, -0.15) is 0 Å². The molecule has 3 heteroatoms. The van der Waals surface area contributed by atoms with E-state index in [0.717, 1.165) is 22.5 Å². The Hall–Kier alpha value is -5.64. The first-order valence-electron chi connectivity index (χ1n) is 21.2. The van der Waals surface area contributed by atoms with Gasteiger partial charge in [-0.3, -0.25) is 0 Å². The molecule has 0 amide bonds. The van der Waals surface area contributed by atoms with Gasteiger partial charge in [0.2, 0.25) is 0 Å². The van der Waals surface area contributed by atoms with E-state index in [1.165, 1.54) is 92.3 Å². The lowest BCUT2D eigenvalue weighted by molar-refractivity contribution is 0.556. The van der Waals surface area contributed by atoms with E-state index in [1.54, 1.807) is 0 Å². The third kappa shape index (κ3) is 5.16. The maximum absolute atomic E-state index is 7.15. The summed E-state index contributed by atoms with van der Waals surface area (Å²) in [6.07, 6.45) is 0. The standard InChI is InChI=1S/C56H51NOS/c1-53(2,3)32-27-43-41-25-24-40-42-29-33(21-26-45(42)56(9,10)50(40)52(41)58-51(43)47(28-32)54(4,5)6)57(35-20-23-39-38-16-12-14-18-48(38)59-49(39)31-35)34-19-22-37-36-15-11-13-17-44(36)55(7,8)46(37)30-34/h11-31H,1-10H3. The Morgan fingerprint density at radius 1 is 0.458 bits per heavy atom. The Kier molecular flexibility index (Phi) is 7.40. The fourth-order valence-corrected chi connectivity index (χ4v) is 11.6. The second-order valence-corrected chi connectivity index (χ2v) is 21.3. The van der Waals surface area contributed by atoms with Crippen molar-refractivity contribution in [3.63, 3.8) is 0 Å². The van der Waals surface area contributed by atoms with Crippen LogP contribution in [0.4, 0.5) is 17.1 Å². The van der Waals surface area contributed by atoms with Crippen molar-refractivity contribution in [3.05, 3.63) is 161 Å². The predicted octanol–water partition coefficient (Wildman–Crippen LogP) is 16.6. The molecule has 2 aliphatic rings. The first-order valence-corrected chi connectivity index (χ1v) is 22.0. The number of fused-ring (bicyclic) bond motifs is 13. The Bertz CT molecular complexity index is 3240. The summed E-state index contributed by atoms with van der Waals surface area (Å²) in [5, 5.41) is 5.05. The molecule has 0 fully saturated rings. The van der Waals surface area contributed by atoms with Crippen LogP contribution in [0.15, 0.2) is 132 Å². The van der Waals surface area contributed by atoms with Crippen LogP contribution < -0.4 is 4.90 Å². The van der Waals surface area contributed by atoms with Crippen molar-refractivity contribution < 1.29 is 4.42 Å². The molecule has 7 aromatic carbocycles. The number of thiophene rings is 1. The van der Waals surface area contributed by atoms with Gasteiger partial charge in [0.1, 0.15) is 11.2 Å². The summed E-state index contributed by atoms with van der Waals surface area (Å²) in [6, 6.07) is 48.5. The molecule has 0 unspecified atom stereocenters. The second-order valence-electron chi connectivity index (χ2n) is 20.2. The maximum Gasteiger partial charge on any atom is 0.140 e. The van der Waals surface area contributed by atoms with Gasteiger partial charge in [-0.1, -0.05) is 142 Å². The molecule has 9 aromatic rings. The molecule has 0 atom stereocenters. The average Bonchev–Trinajstić information content (AvgIpc) is 3.89. The molecule has 2 aliphatic carbocycles. The Labute approximate surface area is 352 Å². The summed E-state index contributed by atoms with van der Waals surface area (Å²) >= 11 is 1.88. The van der Waals surface area contributed by atoms with Gasteiger partial charge in [-0.05, 0) is 110 Å². The molecule has 59 heavy (non-hydrogen) atoms. The van der Waals surface area contributed by atoms with Crippen LogP contribution >= 0.6 is 11.3 Å². The van der Waals surface area contributed by atoms with Crippen LogP contribution in [-0.4, -0.2) is 0 Å². The van der Waals surface area contributed by atoms with E-state index in [4.69, 9.17) is 4.42 Å². The van der Waals surface area contributed by atoms with E-state index in [0.29, 0.717) is 0 Å². The van der Waals surface area contributed by atoms with Gasteiger partial charge in [0, 0.05) is 70.0 Å². The van der Waals surface area contributed by atoms with Crippen LogP contribution in [0, 0.1) is 0 Å².